The Labute approximate surface area is 122 Å². The molecule has 0 spiro atoms. The molecule has 1 atom stereocenters. The lowest BCUT2D eigenvalue weighted by molar-refractivity contribution is 0.0697. The Kier molecular flexibility index (Phi) is 3.51. The van der Waals surface area contributed by atoms with Crippen LogP contribution < -0.4 is 0 Å². The maximum Gasteiger partial charge on any atom is 0.142 e. The van der Waals surface area contributed by atoms with Crippen LogP contribution >= 0.6 is 11.3 Å². The van der Waals surface area contributed by atoms with Crippen molar-refractivity contribution >= 4 is 21.6 Å². The van der Waals surface area contributed by atoms with E-state index < -0.39 is 5.60 Å². The van der Waals surface area contributed by atoms with Gasteiger partial charge in [-0.1, -0.05) is 31.5 Å². The second-order valence-corrected chi connectivity index (χ2v) is 5.87. The van der Waals surface area contributed by atoms with Crippen LogP contribution in [0.25, 0.3) is 10.2 Å². The number of hydrogen-bond donors (Lipinski definition) is 1. The first-order valence-corrected chi connectivity index (χ1v) is 7.54. The summed E-state index contributed by atoms with van der Waals surface area (Å²) in [5.74, 6) is 0. The van der Waals surface area contributed by atoms with Crippen LogP contribution in [-0.4, -0.2) is 15.1 Å². The molecule has 0 bridgehead atoms. The largest absolute Gasteiger partial charge is 0.378 e. The van der Waals surface area contributed by atoms with E-state index in [1.54, 1.807) is 23.7 Å². The number of hydrogen-bond acceptors (Lipinski definition) is 4. The predicted octanol–water partition coefficient (Wildman–Crippen LogP) is 3.73. The summed E-state index contributed by atoms with van der Waals surface area (Å²) in [4.78, 5) is 8.75. The van der Waals surface area contributed by atoms with E-state index in [0.29, 0.717) is 6.42 Å². The van der Waals surface area contributed by atoms with Crippen molar-refractivity contribution < 1.29 is 5.11 Å². The zero-order valence-electron chi connectivity index (χ0n) is 11.3. The maximum atomic E-state index is 11.2. The maximum absolute atomic E-state index is 11.2. The molecule has 2 heterocycles. The molecular weight excluding hydrogens is 268 g/mol. The normalized spacial score (nSPS) is 14.3. The quantitative estimate of drug-likeness (QED) is 0.794. The highest BCUT2D eigenvalue weighted by atomic mass is 32.1. The summed E-state index contributed by atoms with van der Waals surface area (Å²) in [7, 11) is 0. The average molecular weight is 284 g/mol. The van der Waals surface area contributed by atoms with Gasteiger partial charge < -0.3 is 5.11 Å². The van der Waals surface area contributed by atoms with Crippen molar-refractivity contribution in [3.05, 3.63) is 59.4 Å². The lowest BCUT2D eigenvalue weighted by atomic mass is 9.91. The first kappa shape index (κ1) is 13.2. The fourth-order valence-corrected chi connectivity index (χ4v) is 3.50. The van der Waals surface area contributed by atoms with E-state index in [9.17, 15) is 5.11 Å². The van der Waals surface area contributed by atoms with Crippen LogP contribution in [0.4, 0.5) is 0 Å². The number of para-hydroxylation sites is 1. The van der Waals surface area contributed by atoms with Gasteiger partial charge in [0.05, 0.1) is 10.2 Å². The van der Waals surface area contributed by atoms with Crippen molar-refractivity contribution in [3.63, 3.8) is 0 Å². The van der Waals surface area contributed by atoms with Gasteiger partial charge in [0, 0.05) is 18.0 Å². The number of aliphatic hydroxyl groups is 1. The fraction of sp³-hybridized carbons (Fsp3) is 0.250. The van der Waals surface area contributed by atoms with Crippen LogP contribution in [0.2, 0.25) is 0 Å². The second-order valence-electron chi connectivity index (χ2n) is 4.84. The number of benzene rings is 1. The van der Waals surface area contributed by atoms with Gasteiger partial charge in [-0.15, -0.1) is 11.3 Å². The van der Waals surface area contributed by atoms with Gasteiger partial charge in [-0.25, -0.2) is 4.98 Å². The lowest BCUT2D eigenvalue weighted by Crippen LogP contribution is -2.27. The molecule has 3 rings (SSSR count). The predicted molar refractivity (Wildman–Crippen MR) is 81.8 cm³/mol. The van der Waals surface area contributed by atoms with E-state index >= 15 is 0 Å². The zero-order chi connectivity index (χ0) is 14.0. The Morgan fingerprint density at radius 1 is 1.20 bits per heavy atom. The zero-order valence-corrected chi connectivity index (χ0v) is 12.1. The molecule has 102 valence electrons. The molecule has 0 amide bonds. The van der Waals surface area contributed by atoms with Crippen molar-refractivity contribution in [2.45, 2.75) is 25.4 Å². The minimum Gasteiger partial charge on any atom is -0.378 e. The molecule has 2 aromatic heterocycles. The lowest BCUT2D eigenvalue weighted by Gasteiger charge is -2.25. The molecule has 0 saturated carbocycles. The minimum absolute atomic E-state index is 0.637. The number of aromatic nitrogens is 2. The fourth-order valence-electron chi connectivity index (χ4n) is 2.39. The summed E-state index contributed by atoms with van der Waals surface area (Å²) < 4.78 is 1.10. The molecule has 1 N–H and O–H groups in total. The topological polar surface area (TPSA) is 46.0 Å². The number of pyridine rings is 1. The van der Waals surface area contributed by atoms with E-state index in [2.05, 4.69) is 16.9 Å². The monoisotopic (exact) mass is 284 g/mol. The van der Waals surface area contributed by atoms with Gasteiger partial charge in [0.1, 0.15) is 10.6 Å². The van der Waals surface area contributed by atoms with Crippen LogP contribution in [0, 0.1) is 0 Å². The molecule has 3 nitrogen and oxygen atoms in total. The van der Waals surface area contributed by atoms with Crippen molar-refractivity contribution in [1.29, 1.82) is 0 Å². The van der Waals surface area contributed by atoms with Crippen molar-refractivity contribution in [2.75, 3.05) is 0 Å². The Bertz CT molecular complexity index is 678. The molecule has 0 saturated heterocycles. The van der Waals surface area contributed by atoms with Crippen molar-refractivity contribution in [2.24, 2.45) is 0 Å². The van der Waals surface area contributed by atoms with E-state index in [0.717, 1.165) is 27.2 Å². The van der Waals surface area contributed by atoms with E-state index in [4.69, 9.17) is 0 Å². The Morgan fingerprint density at radius 2 is 2.05 bits per heavy atom. The molecule has 3 aromatic rings. The summed E-state index contributed by atoms with van der Waals surface area (Å²) in [5.41, 5.74) is 0.694. The third-order valence-electron chi connectivity index (χ3n) is 3.40. The number of nitrogens with zero attached hydrogens (tertiary/aromatic N) is 2. The first-order chi connectivity index (χ1) is 9.74. The molecule has 0 aliphatic carbocycles. The van der Waals surface area contributed by atoms with E-state index in [1.807, 2.05) is 36.4 Å². The highest BCUT2D eigenvalue weighted by Gasteiger charge is 2.34. The summed E-state index contributed by atoms with van der Waals surface area (Å²) in [5, 5.41) is 11.9. The number of rotatable bonds is 4. The van der Waals surface area contributed by atoms with Crippen LogP contribution in [0.15, 0.2) is 48.8 Å². The van der Waals surface area contributed by atoms with Gasteiger partial charge in [0.25, 0.3) is 0 Å². The first-order valence-electron chi connectivity index (χ1n) is 6.73. The summed E-state index contributed by atoms with van der Waals surface area (Å²) >= 11 is 1.55. The molecule has 1 unspecified atom stereocenters. The minimum atomic E-state index is -1.05. The number of fused-ring (bicyclic) bond motifs is 1. The molecule has 20 heavy (non-hydrogen) atoms. The third-order valence-corrected chi connectivity index (χ3v) is 4.59. The Hall–Kier alpha value is -1.78. The summed E-state index contributed by atoms with van der Waals surface area (Å²) in [6.07, 6.45) is 4.95. The second kappa shape index (κ2) is 5.31. The molecular formula is C16H16N2OS. The van der Waals surface area contributed by atoms with Gasteiger partial charge in [-0.05, 0) is 24.6 Å². The molecule has 4 heteroatoms. The highest BCUT2D eigenvalue weighted by Crippen LogP contribution is 2.38. The van der Waals surface area contributed by atoms with Crippen molar-refractivity contribution in [1.82, 2.24) is 9.97 Å². The molecule has 1 aromatic carbocycles. The molecule has 0 aliphatic rings. The summed E-state index contributed by atoms with van der Waals surface area (Å²) in [6.45, 7) is 2.06. The average Bonchev–Trinajstić information content (AvgIpc) is 2.93. The van der Waals surface area contributed by atoms with Crippen LogP contribution in [0.5, 0.6) is 0 Å². The van der Waals surface area contributed by atoms with E-state index in [-0.39, 0.29) is 0 Å². The van der Waals surface area contributed by atoms with Crippen LogP contribution in [-0.2, 0) is 5.60 Å². The molecule has 0 fully saturated rings. The molecule has 0 aliphatic heterocycles. The number of thiazole rings is 1. The SMILES string of the molecule is CCCC(O)(c1cccnc1)c1nc2ccccc2s1. The van der Waals surface area contributed by atoms with Gasteiger partial charge in [-0.3, -0.25) is 4.98 Å². The smallest absolute Gasteiger partial charge is 0.142 e. The van der Waals surface area contributed by atoms with Gasteiger partial charge in [0.15, 0.2) is 0 Å². The van der Waals surface area contributed by atoms with Crippen molar-refractivity contribution in [3.8, 4) is 0 Å². The van der Waals surface area contributed by atoms with Crippen LogP contribution in [0.1, 0.15) is 30.3 Å². The third kappa shape index (κ3) is 2.21. The Balaban J connectivity index is 2.14. The molecule has 0 radical (unpaired) electrons. The van der Waals surface area contributed by atoms with E-state index in [1.165, 1.54) is 0 Å². The van der Waals surface area contributed by atoms with Gasteiger partial charge in [0.2, 0.25) is 0 Å². The highest BCUT2D eigenvalue weighted by molar-refractivity contribution is 7.18. The standard InChI is InChI=1S/C16H16N2OS/c1-2-9-16(19,12-6-5-10-17-11-12)15-18-13-7-3-4-8-14(13)20-15/h3-8,10-11,19H,2,9H2,1H3. The summed E-state index contributed by atoms with van der Waals surface area (Å²) in [6, 6.07) is 11.7. The Morgan fingerprint density at radius 3 is 2.75 bits per heavy atom. The van der Waals surface area contributed by atoms with Gasteiger partial charge >= 0.3 is 0 Å². The van der Waals surface area contributed by atoms with Gasteiger partial charge in [-0.2, -0.15) is 0 Å². The van der Waals surface area contributed by atoms with Crippen LogP contribution in [0.3, 0.4) is 0 Å².